The first-order valence-corrected chi connectivity index (χ1v) is 5.45. The number of alkyl halides is 1. The van der Waals surface area contributed by atoms with Crippen LogP contribution in [0.1, 0.15) is 32.1 Å². The molecule has 2 nitrogen and oxygen atoms in total. The Labute approximate surface area is 87.5 Å². The molecule has 0 aromatic rings. The number of ether oxygens (including phenoxy) is 1. The normalized spacial score (nSPS) is 20.7. The van der Waals surface area contributed by atoms with E-state index in [-0.39, 0.29) is 5.97 Å². The van der Waals surface area contributed by atoms with Gasteiger partial charge < -0.3 is 4.74 Å². The third-order valence-corrected chi connectivity index (χ3v) is 3.46. The molecule has 74 valence electrons. The van der Waals surface area contributed by atoms with Gasteiger partial charge in [0.15, 0.2) is 0 Å². The van der Waals surface area contributed by atoms with Crippen LogP contribution in [0.25, 0.3) is 0 Å². The standard InChI is InChI=1S/C10H15BrO2/c1-2-8-13-9(12)10(11)6-4-3-5-7-10/h2H,1,3-8H2. The lowest BCUT2D eigenvalue weighted by Crippen LogP contribution is -2.35. The average molecular weight is 247 g/mol. The molecular weight excluding hydrogens is 232 g/mol. The molecule has 0 saturated heterocycles. The molecule has 1 aliphatic rings. The van der Waals surface area contributed by atoms with Crippen LogP contribution in [0, 0.1) is 0 Å². The van der Waals surface area contributed by atoms with E-state index in [4.69, 9.17) is 4.74 Å². The zero-order valence-electron chi connectivity index (χ0n) is 7.72. The van der Waals surface area contributed by atoms with Gasteiger partial charge in [-0.1, -0.05) is 47.8 Å². The van der Waals surface area contributed by atoms with Gasteiger partial charge in [0.05, 0.1) is 0 Å². The summed E-state index contributed by atoms with van der Waals surface area (Å²) in [7, 11) is 0. The maximum Gasteiger partial charge on any atom is 0.323 e. The van der Waals surface area contributed by atoms with E-state index in [2.05, 4.69) is 22.5 Å². The van der Waals surface area contributed by atoms with Crippen molar-refractivity contribution < 1.29 is 9.53 Å². The van der Waals surface area contributed by atoms with Crippen LogP contribution < -0.4 is 0 Å². The van der Waals surface area contributed by atoms with Gasteiger partial charge in [-0.25, -0.2) is 0 Å². The summed E-state index contributed by atoms with van der Waals surface area (Å²) in [6.45, 7) is 3.82. The molecule has 1 fully saturated rings. The molecule has 0 heterocycles. The van der Waals surface area contributed by atoms with Gasteiger partial charge in [-0.05, 0) is 12.8 Å². The third-order valence-electron chi connectivity index (χ3n) is 2.34. The minimum Gasteiger partial charge on any atom is -0.460 e. The van der Waals surface area contributed by atoms with Gasteiger partial charge in [0.2, 0.25) is 0 Å². The molecule has 0 radical (unpaired) electrons. The van der Waals surface area contributed by atoms with Gasteiger partial charge >= 0.3 is 5.97 Å². The predicted octanol–water partition coefficient (Wildman–Crippen LogP) is 2.81. The van der Waals surface area contributed by atoms with E-state index in [1.165, 1.54) is 6.42 Å². The van der Waals surface area contributed by atoms with Crippen molar-refractivity contribution in [2.24, 2.45) is 0 Å². The first-order valence-electron chi connectivity index (χ1n) is 4.66. The van der Waals surface area contributed by atoms with E-state index in [1.807, 2.05) is 0 Å². The zero-order chi connectivity index (χ0) is 9.73. The Morgan fingerprint density at radius 1 is 1.46 bits per heavy atom. The SMILES string of the molecule is C=CCOC(=O)C1(Br)CCCCC1. The van der Waals surface area contributed by atoms with Gasteiger partial charge in [0.25, 0.3) is 0 Å². The summed E-state index contributed by atoms with van der Waals surface area (Å²) in [6.07, 6.45) is 6.81. The van der Waals surface area contributed by atoms with E-state index in [0.717, 1.165) is 25.7 Å². The number of esters is 1. The van der Waals surface area contributed by atoms with E-state index < -0.39 is 4.32 Å². The second kappa shape index (κ2) is 4.80. The smallest absolute Gasteiger partial charge is 0.323 e. The van der Waals surface area contributed by atoms with Crippen LogP contribution in [0.15, 0.2) is 12.7 Å². The van der Waals surface area contributed by atoms with Gasteiger partial charge in [-0.3, -0.25) is 4.79 Å². The fourth-order valence-corrected chi connectivity index (χ4v) is 2.26. The highest BCUT2D eigenvalue weighted by atomic mass is 79.9. The Hall–Kier alpha value is -0.310. The molecule has 0 aliphatic heterocycles. The minimum atomic E-state index is -0.408. The molecule has 1 rings (SSSR count). The molecule has 0 atom stereocenters. The lowest BCUT2D eigenvalue weighted by atomic mass is 9.89. The summed E-state index contributed by atoms with van der Waals surface area (Å²) in [5, 5.41) is 0. The highest BCUT2D eigenvalue weighted by Crippen LogP contribution is 2.36. The van der Waals surface area contributed by atoms with Crippen LogP contribution in [0.2, 0.25) is 0 Å². The van der Waals surface area contributed by atoms with Crippen LogP contribution in [-0.4, -0.2) is 16.9 Å². The monoisotopic (exact) mass is 246 g/mol. The second-order valence-electron chi connectivity index (χ2n) is 3.41. The summed E-state index contributed by atoms with van der Waals surface area (Å²) in [4.78, 5) is 11.6. The summed E-state index contributed by atoms with van der Waals surface area (Å²) >= 11 is 3.48. The number of hydrogen-bond acceptors (Lipinski definition) is 2. The molecule has 1 aliphatic carbocycles. The molecule has 1 saturated carbocycles. The predicted molar refractivity (Wildman–Crippen MR) is 55.9 cm³/mol. The average Bonchev–Trinajstić information content (AvgIpc) is 2.15. The molecule has 0 unspecified atom stereocenters. The number of carbonyl (C=O) groups excluding carboxylic acids is 1. The van der Waals surface area contributed by atoms with E-state index in [1.54, 1.807) is 6.08 Å². The zero-order valence-corrected chi connectivity index (χ0v) is 9.31. The minimum absolute atomic E-state index is 0.132. The van der Waals surface area contributed by atoms with Crippen molar-refractivity contribution >= 4 is 21.9 Å². The van der Waals surface area contributed by atoms with Gasteiger partial charge in [0, 0.05) is 0 Å². The molecule has 0 spiro atoms. The fourth-order valence-electron chi connectivity index (χ4n) is 1.58. The Morgan fingerprint density at radius 2 is 2.08 bits per heavy atom. The number of carbonyl (C=O) groups is 1. The van der Waals surface area contributed by atoms with Crippen molar-refractivity contribution in [2.45, 2.75) is 36.4 Å². The van der Waals surface area contributed by atoms with E-state index >= 15 is 0 Å². The summed E-state index contributed by atoms with van der Waals surface area (Å²) in [6, 6.07) is 0. The quantitative estimate of drug-likeness (QED) is 0.435. The Kier molecular flexibility index (Phi) is 3.97. The number of rotatable bonds is 3. The fraction of sp³-hybridized carbons (Fsp3) is 0.700. The summed E-state index contributed by atoms with van der Waals surface area (Å²) < 4.78 is 4.62. The van der Waals surface area contributed by atoms with Crippen molar-refractivity contribution in [3.8, 4) is 0 Å². The van der Waals surface area contributed by atoms with Crippen molar-refractivity contribution in [3.05, 3.63) is 12.7 Å². The Morgan fingerprint density at radius 3 is 2.62 bits per heavy atom. The Bertz CT molecular complexity index is 195. The molecule has 0 N–H and O–H groups in total. The highest BCUT2D eigenvalue weighted by molar-refractivity contribution is 9.10. The van der Waals surface area contributed by atoms with Crippen molar-refractivity contribution in [1.82, 2.24) is 0 Å². The lowest BCUT2D eigenvalue weighted by Gasteiger charge is -2.28. The van der Waals surface area contributed by atoms with Crippen molar-refractivity contribution in [2.75, 3.05) is 6.61 Å². The Balaban J connectivity index is 2.46. The lowest BCUT2D eigenvalue weighted by molar-refractivity contribution is -0.145. The maximum atomic E-state index is 11.6. The summed E-state index contributed by atoms with van der Waals surface area (Å²) in [5.41, 5.74) is 0. The van der Waals surface area contributed by atoms with E-state index in [9.17, 15) is 4.79 Å². The third kappa shape index (κ3) is 2.83. The molecule has 0 bridgehead atoms. The molecule has 3 heteroatoms. The van der Waals surface area contributed by atoms with Crippen LogP contribution in [-0.2, 0) is 9.53 Å². The van der Waals surface area contributed by atoms with Gasteiger partial charge in [-0.15, -0.1) is 0 Å². The topological polar surface area (TPSA) is 26.3 Å². The second-order valence-corrected chi connectivity index (χ2v) is 4.93. The first-order chi connectivity index (χ1) is 6.19. The highest BCUT2D eigenvalue weighted by Gasteiger charge is 2.37. The van der Waals surface area contributed by atoms with Crippen molar-refractivity contribution in [3.63, 3.8) is 0 Å². The van der Waals surface area contributed by atoms with E-state index in [0.29, 0.717) is 6.61 Å². The van der Waals surface area contributed by atoms with Crippen molar-refractivity contribution in [1.29, 1.82) is 0 Å². The van der Waals surface area contributed by atoms with Crippen LogP contribution in [0.4, 0.5) is 0 Å². The van der Waals surface area contributed by atoms with Gasteiger partial charge in [0.1, 0.15) is 10.9 Å². The number of halogens is 1. The maximum absolute atomic E-state index is 11.6. The first kappa shape index (κ1) is 10.8. The number of hydrogen-bond donors (Lipinski definition) is 0. The van der Waals surface area contributed by atoms with Crippen LogP contribution >= 0.6 is 15.9 Å². The summed E-state index contributed by atoms with van der Waals surface area (Å²) in [5.74, 6) is -0.132. The van der Waals surface area contributed by atoms with Crippen LogP contribution in [0.3, 0.4) is 0 Å². The van der Waals surface area contributed by atoms with Crippen LogP contribution in [0.5, 0.6) is 0 Å². The molecular formula is C10H15BrO2. The largest absolute Gasteiger partial charge is 0.460 e. The molecule has 0 aromatic carbocycles. The molecule has 13 heavy (non-hydrogen) atoms. The molecule has 0 amide bonds. The van der Waals surface area contributed by atoms with Gasteiger partial charge in [-0.2, -0.15) is 0 Å². The molecule has 0 aromatic heterocycles.